The Morgan fingerprint density at radius 3 is 2.22 bits per heavy atom. The van der Waals surface area contributed by atoms with Crippen LogP contribution in [0.1, 0.15) is 32.7 Å². The number of sulfonamides is 1. The highest BCUT2D eigenvalue weighted by atomic mass is 32.2. The molecule has 1 aliphatic heterocycles. The summed E-state index contributed by atoms with van der Waals surface area (Å²) in [6.07, 6.45) is 0.724. The minimum Gasteiger partial charge on any atom is -0.490 e. The van der Waals surface area contributed by atoms with Crippen LogP contribution in [0.3, 0.4) is 0 Å². The van der Waals surface area contributed by atoms with Crippen LogP contribution < -0.4 is 19.5 Å². The number of carbonyl (C=O) groups excluding carboxylic acids is 2. The number of rotatable bonds is 6. The highest BCUT2D eigenvalue weighted by Crippen LogP contribution is 2.32. The molecule has 10 heteroatoms. The first kappa shape index (κ1) is 21.8. The monoisotopic (exact) mass is 472 g/mol. The predicted octanol–water partition coefficient (Wildman–Crippen LogP) is 4.17. The molecule has 166 valence electrons. The number of amides is 1. The van der Waals surface area contributed by atoms with Crippen LogP contribution in [-0.2, 0) is 10.0 Å². The maximum Gasteiger partial charge on any atom is 0.265 e. The van der Waals surface area contributed by atoms with Crippen molar-refractivity contribution in [3.63, 3.8) is 0 Å². The Morgan fingerprint density at radius 2 is 1.53 bits per heavy atom. The number of anilines is 2. The van der Waals surface area contributed by atoms with Crippen LogP contribution in [0, 0.1) is 0 Å². The van der Waals surface area contributed by atoms with Crippen LogP contribution >= 0.6 is 11.3 Å². The zero-order valence-corrected chi connectivity index (χ0v) is 18.7. The summed E-state index contributed by atoms with van der Waals surface area (Å²) in [6.45, 7) is 2.42. The van der Waals surface area contributed by atoms with E-state index in [1.807, 2.05) is 0 Å². The summed E-state index contributed by atoms with van der Waals surface area (Å²) in [5.74, 6) is 0.468. The molecule has 1 aliphatic rings. The van der Waals surface area contributed by atoms with Gasteiger partial charge in [-0.3, -0.25) is 14.3 Å². The summed E-state index contributed by atoms with van der Waals surface area (Å²) in [5, 5.41) is 2.72. The Hall–Kier alpha value is -3.37. The van der Waals surface area contributed by atoms with Gasteiger partial charge in [0.2, 0.25) is 0 Å². The standard InChI is InChI=1S/C22H20N2O6S2/c1-14(25)20-9-10-21(31-20)22(26)23-15-3-5-16(6-4-15)24-32(27,28)17-7-8-18-19(13-17)30-12-2-11-29-18/h3-10,13,24H,2,11-12H2,1H3,(H,23,26). The van der Waals surface area contributed by atoms with Crippen LogP contribution in [0.4, 0.5) is 11.4 Å². The molecule has 8 nitrogen and oxygen atoms in total. The molecule has 0 spiro atoms. The number of thiophene rings is 1. The Bertz CT molecular complexity index is 1270. The second-order valence-electron chi connectivity index (χ2n) is 7.02. The molecule has 0 fully saturated rings. The minimum absolute atomic E-state index is 0.0538. The molecule has 4 rings (SSSR count). The van der Waals surface area contributed by atoms with E-state index in [0.717, 1.165) is 17.8 Å². The zero-order valence-electron chi connectivity index (χ0n) is 17.1. The van der Waals surface area contributed by atoms with Crippen molar-refractivity contribution in [1.82, 2.24) is 0 Å². The van der Waals surface area contributed by atoms with E-state index in [1.165, 1.54) is 19.1 Å². The van der Waals surface area contributed by atoms with Gasteiger partial charge in [0.05, 0.1) is 27.9 Å². The topological polar surface area (TPSA) is 111 Å². The van der Waals surface area contributed by atoms with Gasteiger partial charge in [0, 0.05) is 23.9 Å². The van der Waals surface area contributed by atoms with Gasteiger partial charge in [-0.1, -0.05) is 0 Å². The van der Waals surface area contributed by atoms with Crippen LogP contribution in [0.2, 0.25) is 0 Å². The summed E-state index contributed by atoms with van der Waals surface area (Å²) in [4.78, 5) is 24.7. The van der Waals surface area contributed by atoms with E-state index in [0.29, 0.717) is 45.8 Å². The molecule has 0 radical (unpaired) electrons. The number of Topliss-reactive ketones (excluding diaryl/α,β-unsaturated/α-hetero) is 1. The summed E-state index contributed by atoms with van der Waals surface area (Å²) in [6, 6.07) is 13.9. The lowest BCUT2D eigenvalue weighted by Gasteiger charge is -2.12. The molecular formula is C22H20N2O6S2. The van der Waals surface area contributed by atoms with Crippen LogP contribution in [0.15, 0.2) is 59.5 Å². The number of hydrogen-bond donors (Lipinski definition) is 2. The Balaban J connectivity index is 1.44. The number of benzene rings is 2. The van der Waals surface area contributed by atoms with Gasteiger partial charge in [0.25, 0.3) is 15.9 Å². The maximum atomic E-state index is 12.8. The molecule has 0 saturated heterocycles. The largest absolute Gasteiger partial charge is 0.490 e. The van der Waals surface area contributed by atoms with Crippen molar-refractivity contribution in [3.05, 3.63) is 64.4 Å². The van der Waals surface area contributed by atoms with Crippen molar-refractivity contribution in [2.24, 2.45) is 0 Å². The fraction of sp³-hybridized carbons (Fsp3) is 0.182. The van der Waals surface area contributed by atoms with Gasteiger partial charge in [-0.15, -0.1) is 11.3 Å². The van der Waals surface area contributed by atoms with Crippen LogP contribution in [-0.4, -0.2) is 33.3 Å². The van der Waals surface area contributed by atoms with Crippen molar-refractivity contribution < 1.29 is 27.5 Å². The second-order valence-corrected chi connectivity index (χ2v) is 9.78. The van der Waals surface area contributed by atoms with E-state index >= 15 is 0 Å². The maximum absolute atomic E-state index is 12.8. The molecular weight excluding hydrogens is 452 g/mol. The van der Waals surface area contributed by atoms with Crippen LogP contribution in [0.5, 0.6) is 11.5 Å². The fourth-order valence-corrected chi connectivity index (χ4v) is 4.86. The first-order chi connectivity index (χ1) is 15.3. The second kappa shape index (κ2) is 9.01. The Morgan fingerprint density at radius 1 is 0.875 bits per heavy atom. The van der Waals surface area contributed by atoms with Gasteiger partial charge in [0.1, 0.15) is 0 Å². The van der Waals surface area contributed by atoms with Crippen molar-refractivity contribution in [2.75, 3.05) is 23.3 Å². The molecule has 32 heavy (non-hydrogen) atoms. The quantitative estimate of drug-likeness (QED) is 0.521. The third kappa shape index (κ3) is 4.92. The lowest BCUT2D eigenvalue weighted by Crippen LogP contribution is -2.13. The predicted molar refractivity (Wildman–Crippen MR) is 122 cm³/mol. The Kier molecular flexibility index (Phi) is 6.15. The summed E-state index contributed by atoms with van der Waals surface area (Å²) < 4.78 is 39.2. The lowest BCUT2D eigenvalue weighted by molar-refractivity contribution is 0.101. The van der Waals surface area contributed by atoms with Crippen molar-refractivity contribution >= 4 is 44.4 Å². The Labute approximate surface area is 189 Å². The molecule has 0 saturated carbocycles. The van der Waals surface area contributed by atoms with Gasteiger partial charge in [-0.2, -0.15) is 0 Å². The minimum atomic E-state index is -3.85. The van der Waals surface area contributed by atoms with E-state index in [2.05, 4.69) is 10.0 Å². The van der Waals surface area contributed by atoms with E-state index in [4.69, 9.17) is 9.47 Å². The molecule has 2 aromatic carbocycles. The van der Waals surface area contributed by atoms with Crippen molar-refractivity contribution in [2.45, 2.75) is 18.2 Å². The molecule has 1 amide bonds. The molecule has 0 bridgehead atoms. The number of nitrogens with one attached hydrogen (secondary N) is 2. The molecule has 3 aromatic rings. The smallest absolute Gasteiger partial charge is 0.265 e. The van der Waals surface area contributed by atoms with Gasteiger partial charge >= 0.3 is 0 Å². The van der Waals surface area contributed by atoms with Gasteiger partial charge in [0.15, 0.2) is 17.3 Å². The van der Waals surface area contributed by atoms with E-state index in [9.17, 15) is 18.0 Å². The van der Waals surface area contributed by atoms with E-state index in [-0.39, 0.29) is 16.6 Å². The van der Waals surface area contributed by atoms with Gasteiger partial charge in [-0.05, 0) is 55.5 Å². The number of carbonyl (C=O) groups is 2. The molecule has 0 aliphatic carbocycles. The normalized spacial score (nSPS) is 13.2. The average Bonchev–Trinajstić information content (AvgIpc) is 3.15. The zero-order chi connectivity index (χ0) is 22.7. The van der Waals surface area contributed by atoms with E-state index in [1.54, 1.807) is 42.5 Å². The average molecular weight is 473 g/mol. The molecule has 0 unspecified atom stereocenters. The number of hydrogen-bond acceptors (Lipinski definition) is 7. The SMILES string of the molecule is CC(=O)c1ccc(C(=O)Nc2ccc(NS(=O)(=O)c3ccc4c(c3)OCCCO4)cc2)s1. The fourth-order valence-electron chi connectivity index (χ4n) is 2.99. The first-order valence-corrected chi connectivity index (χ1v) is 12.1. The molecule has 2 N–H and O–H groups in total. The number of ether oxygens (including phenoxy) is 2. The molecule has 0 atom stereocenters. The molecule has 1 aromatic heterocycles. The highest BCUT2D eigenvalue weighted by Gasteiger charge is 2.19. The van der Waals surface area contributed by atoms with Crippen molar-refractivity contribution in [3.8, 4) is 11.5 Å². The molecule has 2 heterocycles. The third-order valence-corrected chi connectivity index (χ3v) is 7.16. The summed E-state index contributed by atoms with van der Waals surface area (Å²) in [7, 11) is -3.85. The lowest BCUT2D eigenvalue weighted by atomic mass is 10.3. The highest BCUT2D eigenvalue weighted by molar-refractivity contribution is 7.92. The summed E-state index contributed by atoms with van der Waals surface area (Å²) >= 11 is 1.12. The number of fused-ring (bicyclic) bond motifs is 1. The van der Waals surface area contributed by atoms with Crippen LogP contribution in [0.25, 0.3) is 0 Å². The number of ketones is 1. The van der Waals surface area contributed by atoms with Gasteiger partial charge in [-0.25, -0.2) is 8.42 Å². The third-order valence-electron chi connectivity index (χ3n) is 4.60. The first-order valence-electron chi connectivity index (χ1n) is 9.76. The van der Waals surface area contributed by atoms with E-state index < -0.39 is 10.0 Å². The van der Waals surface area contributed by atoms with Gasteiger partial charge < -0.3 is 14.8 Å². The summed E-state index contributed by atoms with van der Waals surface area (Å²) in [5.41, 5.74) is 0.830. The van der Waals surface area contributed by atoms with Crippen molar-refractivity contribution in [1.29, 1.82) is 0 Å².